The molecule has 188 valence electrons. The maximum Gasteiger partial charge on any atom is 0.311 e. The van der Waals surface area contributed by atoms with Gasteiger partial charge in [0.05, 0.1) is 19.7 Å². The smallest absolute Gasteiger partial charge is 0.311 e. The Kier molecular flexibility index (Phi) is 7.63. The average molecular weight is 499 g/mol. The minimum atomic E-state index is -0.824. The first-order valence-corrected chi connectivity index (χ1v) is 11.5. The van der Waals surface area contributed by atoms with Crippen molar-refractivity contribution in [2.75, 3.05) is 14.2 Å². The Morgan fingerprint density at radius 2 is 1.81 bits per heavy atom. The summed E-state index contributed by atoms with van der Waals surface area (Å²) in [6, 6.07) is 19.2. The normalized spacial score (nSPS) is 11.6. The predicted molar refractivity (Wildman–Crippen MR) is 140 cm³/mol. The number of aromatic nitrogens is 1. The molecule has 9 nitrogen and oxygen atoms in total. The molecule has 2 amide bonds. The third-order valence-corrected chi connectivity index (χ3v) is 5.72. The third-order valence-electron chi connectivity index (χ3n) is 5.72. The second kappa shape index (κ2) is 11.2. The van der Waals surface area contributed by atoms with Crippen LogP contribution in [0.1, 0.15) is 28.4 Å². The number of aryl methyl sites for hydroxylation is 1. The number of hydrogen-bond donors (Lipinski definition) is 3. The van der Waals surface area contributed by atoms with E-state index in [1.54, 1.807) is 48.5 Å². The van der Waals surface area contributed by atoms with Crippen molar-refractivity contribution in [3.05, 3.63) is 89.1 Å². The second-order valence-corrected chi connectivity index (χ2v) is 8.05. The van der Waals surface area contributed by atoms with Gasteiger partial charge >= 0.3 is 5.91 Å². The first kappa shape index (κ1) is 25.2. The molecule has 0 bridgehead atoms. The molecule has 0 spiro atoms. The molecule has 0 atom stereocenters. The van der Waals surface area contributed by atoms with Gasteiger partial charge in [-0.15, -0.1) is 10.2 Å². The van der Waals surface area contributed by atoms with Gasteiger partial charge in [0.25, 0.3) is 5.91 Å². The fraction of sp³-hybridized carbons (Fsp3) is 0.143. The Balaban J connectivity index is 1.74. The van der Waals surface area contributed by atoms with Gasteiger partial charge in [0, 0.05) is 16.5 Å². The molecule has 37 heavy (non-hydrogen) atoms. The van der Waals surface area contributed by atoms with Crippen LogP contribution in [0, 0.1) is 0 Å². The average Bonchev–Trinajstić information content (AvgIpc) is 3.25. The van der Waals surface area contributed by atoms with Gasteiger partial charge < -0.3 is 24.9 Å². The number of carbonyl (C=O) groups is 2. The lowest BCUT2D eigenvalue weighted by Gasteiger charge is -2.10. The van der Waals surface area contributed by atoms with Crippen LogP contribution >= 0.6 is 0 Å². The summed E-state index contributed by atoms with van der Waals surface area (Å²) >= 11 is 0. The van der Waals surface area contributed by atoms with E-state index < -0.39 is 11.8 Å². The Bertz CT molecular complexity index is 1510. The van der Waals surface area contributed by atoms with Crippen molar-refractivity contribution in [3.63, 3.8) is 0 Å². The fourth-order valence-electron chi connectivity index (χ4n) is 3.72. The van der Waals surface area contributed by atoms with Crippen molar-refractivity contribution < 1.29 is 24.2 Å². The van der Waals surface area contributed by atoms with Crippen molar-refractivity contribution >= 4 is 34.5 Å². The zero-order valence-electron chi connectivity index (χ0n) is 20.6. The number of nitrogens with one attached hydrogen (secondary N) is 2. The minimum absolute atomic E-state index is 0.131. The van der Waals surface area contributed by atoms with Crippen LogP contribution in [-0.4, -0.2) is 36.1 Å². The molecule has 0 saturated heterocycles. The summed E-state index contributed by atoms with van der Waals surface area (Å²) < 4.78 is 10.7. The highest BCUT2D eigenvalue weighted by atomic mass is 16.5. The quantitative estimate of drug-likeness (QED) is 0.217. The fourth-order valence-corrected chi connectivity index (χ4v) is 3.72. The third kappa shape index (κ3) is 5.67. The van der Waals surface area contributed by atoms with Crippen LogP contribution in [0.3, 0.4) is 0 Å². The number of ether oxygens (including phenoxy) is 2. The Morgan fingerprint density at radius 3 is 2.51 bits per heavy atom. The number of nitrogens with zero attached hydrogens (tertiary/aromatic N) is 2. The van der Waals surface area contributed by atoms with E-state index in [-0.39, 0.29) is 17.3 Å². The van der Waals surface area contributed by atoms with Gasteiger partial charge in [-0.1, -0.05) is 31.2 Å². The highest BCUT2D eigenvalue weighted by Gasteiger charge is 2.17. The molecule has 0 aliphatic rings. The van der Waals surface area contributed by atoms with Gasteiger partial charge in [0.2, 0.25) is 5.88 Å². The number of carbonyl (C=O) groups excluding carboxylic acids is 2. The van der Waals surface area contributed by atoms with Gasteiger partial charge in [-0.05, 0) is 60.5 Å². The van der Waals surface area contributed by atoms with Gasteiger partial charge in [-0.3, -0.25) is 9.59 Å². The van der Waals surface area contributed by atoms with Gasteiger partial charge in [0.15, 0.2) is 5.69 Å². The molecular formula is C28H26N4O5. The van der Waals surface area contributed by atoms with Crippen LogP contribution in [0.5, 0.6) is 17.4 Å². The van der Waals surface area contributed by atoms with Crippen molar-refractivity contribution in [2.24, 2.45) is 10.2 Å². The van der Waals surface area contributed by atoms with Crippen LogP contribution in [0.2, 0.25) is 0 Å². The first-order chi connectivity index (χ1) is 17.9. The Labute approximate surface area is 213 Å². The van der Waals surface area contributed by atoms with Crippen LogP contribution < -0.4 is 14.8 Å². The largest absolute Gasteiger partial charge is 0.497 e. The van der Waals surface area contributed by atoms with Crippen molar-refractivity contribution in [1.82, 2.24) is 10.3 Å². The van der Waals surface area contributed by atoms with E-state index in [9.17, 15) is 14.7 Å². The lowest BCUT2D eigenvalue weighted by molar-refractivity contribution is -0.115. The molecule has 4 rings (SSSR count). The van der Waals surface area contributed by atoms with Crippen molar-refractivity contribution in [2.45, 2.75) is 13.3 Å². The Hall–Kier alpha value is -4.92. The van der Waals surface area contributed by atoms with E-state index in [0.717, 1.165) is 12.0 Å². The summed E-state index contributed by atoms with van der Waals surface area (Å²) in [5.41, 5.74) is 2.53. The van der Waals surface area contributed by atoms with Gasteiger partial charge in [0.1, 0.15) is 17.2 Å². The summed E-state index contributed by atoms with van der Waals surface area (Å²) in [5.74, 6) is -0.550. The lowest BCUT2D eigenvalue weighted by atomic mass is 10.1. The molecule has 0 radical (unpaired) electrons. The number of amides is 2. The number of benzene rings is 3. The van der Waals surface area contributed by atoms with Gasteiger partial charge in [-0.25, -0.2) is 0 Å². The number of methoxy groups -OCH3 is 2. The number of H-pyrrole nitrogens is 1. The molecular weight excluding hydrogens is 472 g/mol. The standard InChI is InChI=1S/C28H26N4O5/c1-4-17-10-12-22-21(14-17)25(28(35)29-22)31-32-27(34)23(30-26(33)18-8-6-5-7-9-18)16-19-15-20(36-2)11-13-24(19)37-3/h5-16,29,35H,4H2,1-3H3,(H,30,33). The molecule has 0 saturated carbocycles. The van der Waals surface area contributed by atoms with Crippen LogP contribution in [0.15, 0.2) is 82.7 Å². The maximum atomic E-state index is 13.2. The summed E-state index contributed by atoms with van der Waals surface area (Å²) in [4.78, 5) is 28.9. The SMILES string of the molecule is CCc1ccc2[nH]c(O)c(N=NC(=O)C(=Cc3cc(OC)ccc3OC)NC(=O)c3ccccc3)c2c1. The summed E-state index contributed by atoms with van der Waals surface area (Å²) in [6.07, 6.45) is 2.23. The number of aromatic amines is 1. The van der Waals surface area contributed by atoms with E-state index in [1.807, 2.05) is 25.1 Å². The molecule has 4 aromatic rings. The topological polar surface area (TPSA) is 125 Å². The van der Waals surface area contributed by atoms with Gasteiger partial charge in [-0.2, -0.15) is 0 Å². The molecule has 0 fully saturated rings. The highest BCUT2D eigenvalue weighted by Crippen LogP contribution is 2.36. The molecule has 3 N–H and O–H groups in total. The van der Waals surface area contributed by atoms with E-state index >= 15 is 0 Å². The van der Waals surface area contributed by atoms with Crippen molar-refractivity contribution in [1.29, 1.82) is 0 Å². The predicted octanol–water partition coefficient (Wildman–Crippen LogP) is 5.53. The summed E-state index contributed by atoms with van der Waals surface area (Å²) in [5, 5.41) is 21.5. The number of rotatable bonds is 8. The Morgan fingerprint density at radius 1 is 1.03 bits per heavy atom. The molecule has 0 aliphatic heterocycles. The first-order valence-electron chi connectivity index (χ1n) is 11.5. The van der Waals surface area contributed by atoms with E-state index in [2.05, 4.69) is 20.5 Å². The summed E-state index contributed by atoms with van der Waals surface area (Å²) in [7, 11) is 3.01. The minimum Gasteiger partial charge on any atom is -0.497 e. The maximum absolute atomic E-state index is 13.2. The monoisotopic (exact) mass is 498 g/mol. The van der Waals surface area contributed by atoms with E-state index in [1.165, 1.54) is 20.3 Å². The number of aromatic hydroxyl groups is 1. The number of azo groups is 1. The van der Waals surface area contributed by atoms with Crippen molar-refractivity contribution in [3.8, 4) is 17.4 Å². The van der Waals surface area contributed by atoms with Crippen LogP contribution in [-0.2, 0) is 11.2 Å². The number of fused-ring (bicyclic) bond motifs is 1. The lowest BCUT2D eigenvalue weighted by Crippen LogP contribution is -2.26. The summed E-state index contributed by atoms with van der Waals surface area (Å²) in [6.45, 7) is 2.01. The highest BCUT2D eigenvalue weighted by molar-refractivity contribution is 6.06. The zero-order valence-corrected chi connectivity index (χ0v) is 20.6. The van der Waals surface area contributed by atoms with E-state index in [4.69, 9.17) is 9.47 Å². The molecule has 9 heteroatoms. The number of hydrogen-bond acceptors (Lipinski definition) is 6. The second-order valence-electron chi connectivity index (χ2n) is 8.05. The molecule has 0 unspecified atom stereocenters. The van der Waals surface area contributed by atoms with E-state index in [0.29, 0.717) is 33.5 Å². The molecule has 1 heterocycles. The molecule has 3 aromatic carbocycles. The molecule has 1 aromatic heterocycles. The van der Waals surface area contributed by atoms with Crippen LogP contribution in [0.4, 0.5) is 5.69 Å². The van der Waals surface area contributed by atoms with Crippen LogP contribution in [0.25, 0.3) is 17.0 Å². The molecule has 0 aliphatic carbocycles. The zero-order chi connectivity index (χ0) is 26.4.